The molecule has 1 heterocycles. The summed E-state index contributed by atoms with van der Waals surface area (Å²) in [7, 11) is 0. The molecule has 23 heavy (non-hydrogen) atoms. The third-order valence-electron chi connectivity index (χ3n) is 3.31. The molecule has 0 saturated carbocycles. The van der Waals surface area contributed by atoms with Gasteiger partial charge in [0.2, 0.25) is 11.6 Å². The van der Waals surface area contributed by atoms with Crippen LogP contribution in [0, 0.1) is 0 Å². The Kier molecular flexibility index (Phi) is 4.26. The van der Waals surface area contributed by atoms with Crippen molar-refractivity contribution in [3.63, 3.8) is 0 Å². The van der Waals surface area contributed by atoms with Crippen molar-refractivity contribution in [1.29, 1.82) is 0 Å². The SMILES string of the molecule is O=C(C(=O)c1cccc(-c2cccc(Cl)c2)c1)c1cncnc1. The van der Waals surface area contributed by atoms with Crippen molar-refractivity contribution in [3.05, 3.63) is 83.4 Å². The van der Waals surface area contributed by atoms with E-state index in [1.807, 2.05) is 18.2 Å². The molecule has 0 radical (unpaired) electrons. The van der Waals surface area contributed by atoms with Gasteiger partial charge in [-0.2, -0.15) is 0 Å². The fraction of sp³-hybridized carbons (Fsp3) is 0. The highest BCUT2D eigenvalue weighted by Gasteiger charge is 2.19. The highest BCUT2D eigenvalue weighted by molar-refractivity contribution is 6.49. The number of aromatic nitrogens is 2. The van der Waals surface area contributed by atoms with Gasteiger partial charge in [0.05, 0.1) is 5.56 Å². The lowest BCUT2D eigenvalue weighted by Crippen LogP contribution is -2.15. The van der Waals surface area contributed by atoms with Crippen LogP contribution in [0.1, 0.15) is 20.7 Å². The third kappa shape index (κ3) is 3.33. The molecule has 0 atom stereocenters. The molecule has 0 spiro atoms. The number of hydrogen-bond acceptors (Lipinski definition) is 4. The molecular formula is C18H11ClN2O2. The number of carbonyl (C=O) groups excluding carboxylic acids is 2. The maximum Gasteiger partial charge on any atom is 0.236 e. The molecule has 0 unspecified atom stereocenters. The minimum Gasteiger partial charge on any atom is -0.285 e. The number of benzene rings is 2. The molecule has 3 aromatic rings. The summed E-state index contributed by atoms with van der Waals surface area (Å²) in [6.07, 6.45) is 3.96. The molecule has 112 valence electrons. The van der Waals surface area contributed by atoms with Gasteiger partial charge in [-0.1, -0.05) is 41.9 Å². The van der Waals surface area contributed by atoms with Crippen LogP contribution in [0.4, 0.5) is 0 Å². The van der Waals surface area contributed by atoms with E-state index in [1.54, 1.807) is 30.3 Å². The molecule has 3 rings (SSSR count). The van der Waals surface area contributed by atoms with Crippen LogP contribution in [-0.4, -0.2) is 21.5 Å². The van der Waals surface area contributed by atoms with Crippen molar-refractivity contribution in [2.24, 2.45) is 0 Å². The van der Waals surface area contributed by atoms with Gasteiger partial charge < -0.3 is 0 Å². The largest absolute Gasteiger partial charge is 0.285 e. The molecule has 0 aliphatic carbocycles. The van der Waals surface area contributed by atoms with E-state index in [1.165, 1.54) is 18.7 Å². The summed E-state index contributed by atoms with van der Waals surface area (Å²) in [4.78, 5) is 32.1. The van der Waals surface area contributed by atoms with E-state index in [2.05, 4.69) is 9.97 Å². The van der Waals surface area contributed by atoms with Crippen LogP contribution in [0.2, 0.25) is 5.02 Å². The molecule has 0 N–H and O–H groups in total. The van der Waals surface area contributed by atoms with Gasteiger partial charge in [0.1, 0.15) is 6.33 Å². The van der Waals surface area contributed by atoms with E-state index in [0.717, 1.165) is 11.1 Å². The maximum atomic E-state index is 12.4. The second-order valence-electron chi connectivity index (χ2n) is 4.88. The molecule has 0 aliphatic rings. The number of Topliss-reactive ketones (excluding diaryl/α,β-unsaturated/α-hetero) is 2. The van der Waals surface area contributed by atoms with Crippen LogP contribution in [0.25, 0.3) is 11.1 Å². The van der Waals surface area contributed by atoms with Crippen molar-refractivity contribution in [1.82, 2.24) is 9.97 Å². The van der Waals surface area contributed by atoms with Crippen molar-refractivity contribution >= 4 is 23.2 Å². The second kappa shape index (κ2) is 6.50. The van der Waals surface area contributed by atoms with Crippen molar-refractivity contribution in [2.75, 3.05) is 0 Å². The fourth-order valence-corrected chi connectivity index (χ4v) is 2.38. The van der Waals surface area contributed by atoms with E-state index < -0.39 is 11.6 Å². The zero-order valence-electron chi connectivity index (χ0n) is 11.9. The van der Waals surface area contributed by atoms with Gasteiger partial charge in [-0.3, -0.25) is 9.59 Å². The van der Waals surface area contributed by atoms with E-state index in [9.17, 15) is 9.59 Å². The van der Waals surface area contributed by atoms with Crippen LogP contribution in [-0.2, 0) is 0 Å². The van der Waals surface area contributed by atoms with E-state index in [4.69, 9.17) is 11.6 Å². The van der Waals surface area contributed by atoms with Crippen molar-refractivity contribution in [3.8, 4) is 11.1 Å². The normalized spacial score (nSPS) is 10.3. The van der Waals surface area contributed by atoms with Crippen molar-refractivity contribution in [2.45, 2.75) is 0 Å². The lowest BCUT2D eigenvalue weighted by molar-refractivity contribution is 0.0816. The number of rotatable bonds is 4. The Morgan fingerprint density at radius 2 is 1.39 bits per heavy atom. The smallest absolute Gasteiger partial charge is 0.236 e. The summed E-state index contributed by atoms with van der Waals surface area (Å²) in [5.41, 5.74) is 2.18. The van der Waals surface area contributed by atoms with Crippen LogP contribution in [0.15, 0.2) is 67.3 Å². The van der Waals surface area contributed by atoms with E-state index >= 15 is 0 Å². The summed E-state index contributed by atoms with van der Waals surface area (Å²) in [6.45, 7) is 0. The molecule has 0 fully saturated rings. The molecule has 2 aromatic carbocycles. The van der Waals surface area contributed by atoms with E-state index in [0.29, 0.717) is 10.6 Å². The minimum atomic E-state index is -0.631. The van der Waals surface area contributed by atoms with Crippen molar-refractivity contribution < 1.29 is 9.59 Å². The molecule has 0 saturated heterocycles. The minimum absolute atomic E-state index is 0.172. The molecular weight excluding hydrogens is 312 g/mol. The van der Waals surface area contributed by atoms with Crippen LogP contribution < -0.4 is 0 Å². The first-order valence-corrected chi connectivity index (χ1v) is 7.23. The molecule has 0 amide bonds. The average molecular weight is 323 g/mol. The summed E-state index contributed by atoms with van der Waals surface area (Å²) >= 11 is 5.99. The second-order valence-corrected chi connectivity index (χ2v) is 5.31. The van der Waals surface area contributed by atoms with Gasteiger partial charge in [-0.25, -0.2) is 9.97 Å². The van der Waals surface area contributed by atoms with Crippen LogP contribution in [0.3, 0.4) is 0 Å². The molecule has 1 aromatic heterocycles. The lowest BCUT2D eigenvalue weighted by atomic mass is 9.98. The Hall–Kier alpha value is -2.85. The van der Waals surface area contributed by atoms with Gasteiger partial charge in [-0.05, 0) is 29.3 Å². The first-order chi connectivity index (χ1) is 11.1. The number of hydrogen-bond donors (Lipinski definition) is 0. The summed E-state index contributed by atoms with van der Waals surface area (Å²) in [5.74, 6) is -1.22. The van der Waals surface area contributed by atoms with Gasteiger partial charge in [0, 0.05) is 23.0 Å². The molecule has 0 bridgehead atoms. The van der Waals surface area contributed by atoms with E-state index in [-0.39, 0.29) is 5.56 Å². The third-order valence-corrected chi connectivity index (χ3v) is 3.55. The number of nitrogens with zero attached hydrogens (tertiary/aromatic N) is 2. The predicted molar refractivity (Wildman–Crippen MR) is 87.6 cm³/mol. The Labute approximate surface area is 137 Å². The molecule has 4 nitrogen and oxygen atoms in total. The fourth-order valence-electron chi connectivity index (χ4n) is 2.19. The quantitative estimate of drug-likeness (QED) is 0.540. The van der Waals surface area contributed by atoms with Gasteiger partial charge in [-0.15, -0.1) is 0 Å². The molecule has 0 aliphatic heterocycles. The molecule has 5 heteroatoms. The monoisotopic (exact) mass is 322 g/mol. The predicted octanol–water partition coefficient (Wildman–Crippen LogP) is 3.86. The average Bonchev–Trinajstić information content (AvgIpc) is 2.61. The van der Waals surface area contributed by atoms with Crippen LogP contribution in [0.5, 0.6) is 0 Å². The highest BCUT2D eigenvalue weighted by atomic mass is 35.5. The topological polar surface area (TPSA) is 59.9 Å². The zero-order valence-corrected chi connectivity index (χ0v) is 12.7. The lowest BCUT2D eigenvalue weighted by Gasteiger charge is -2.05. The standard InChI is InChI=1S/C18H11ClN2O2/c19-16-6-2-4-13(8-16)12-3-1-5-14(7-12)17(22)18(23)15-9-20-11-21-10-15/h1-11H. The Morgan fingerprint density at radius 1 is 0.783 bits per heavy atom. The number of halogens is 1. The van der Waals surface area contributed by atoms with Gasteiger partial charge in [0.15, 0.2) is 0 Å². The summed E-state index contributed by atoms with van der Waals surface area (Å²) < 4.78 is 0. The Bertz CT molecular complexity index is 879. The van der Waals surface area contributed by atoms with Gasteiger partial charge in [0.25, 0.3) is 0 Å². The number of ketones is 2. The van der Waals surface area contributed by atoms with Crippen LogP contribution >= 0.6 is 11.6 Å². The maximum absolute atomic E-state index is 12.4. The highest BCUT2D eigenvalue weighted by Crippen LogP contribution is 2.24. The summed E-state index contributed by atoms with van der Waals surface area (Å²) in [6, 6.07) is 14.2. The first kappa shape index (κ1) is 15.1. The summed E-state index contributed by atoms with van der Waals surface area (Å²) in [5, 5.41) is 0.608. The number of carbonyl (C=O) groups is 2. The zero-order chi connectivity index (χ0) is 16.2. The Balaban J connectivity index is 1.94. The first-order valence-electron chi connectivity index (χ1n) is 6.85. The van der Waals surface area contributed by atoms with Gasteiger partial charge >= 0.3 is 0 Å². The Morgan fingerprint density at radius 3 is 2.09 bits per heavy atom.